The Labute approximate surface area is 133 Å². The molecule has 0 unspecified atom stereocenters. The van der Waals surface area contributed by atoms with Gasteiger partial charge < -0.3 is 14.2 Å². The summed E-state index contributed by atoms with van der Waals surface area (Å²) in [5, 5.41) is 0. The number of aromatic nitrogens is 1. The highest BCUT2D eigenvalue weighted by Crippen LogP contribution is 2.11. The van der Waals surface area contributed by atoms with Crippen LogP contribution in [0.15, 0.2) is 53.5 Å². The van der Waals surface area contributed by atoms with Gasteiger partial charge in [0.05, 0.1) is 6.61 Å². The van der Waals surface area contributed by atoms with Gasteiger partial charge in [0.25, 0.3) is 5.56 Å². The first-order valence-electron chi connectivity index (χ1n) is 7.34. The number of halogens is 1. The van der Waals surface area contributed by atoms with Crippen LogP contribution in [0.5, 0.6) is 5.75 Å². The molecule has 0 fully saturated rings. The maximum Gasteiger partial charge on any atom is 0.250 e. The maximum atomic E-state index is 12.8. The van der Waals surface area contributed by atoms with Crippen LogP contribution in [0.4, 0.5) is 4.39 Å². The monoisotopic (exact) mass is 318 g/mol. The molecule has 6 heteroatoms. The van der Waals surface area contributed by atoms with Gasteiger partial charge in [-0.25, -0.2) is 4.39 Å². The minimum absolute atomic E-state index is 0.0228. The number of pyridine rings is 1. The number of rotatable bonds is 7. The Bertz CT molecular complexity index is 697. The minimum atomic E-state index is -0.307. The second-order valence-corrected chi connectivity index (χ2v) is 5.14. The number of benzene rings is 1. The molecule has 0 bridgehead atoms. The van der Waals surface area contributed by atoms with Crippen LogP contribution < -0.4 is 10.3 Å². The quantitative estimate of drug-likeness (QED) is 0.733. The number of hydrogen-bond acceptors (Lipinski definition) is 3. The maximum absolute atomic E-state index is 12.8. The Morgan fingerprint density at radius 1 is 1.22 bits per heavy atom. The van der Waals surface area contributed by atoms with E-state index in [9.17, 15) is 14.0 Å². The van der Waals surface area contributed by atoms with Crippen molar-refractivity contribution in [1.29, 1.82) is 0 Å². The minimum Gasteiger partial charge on any atom is -0.494 e. The molecule has 0 aliphatic carbocycles. The summed E-state index contributed by atoms with van der Waals surface area (Å²) >= 11 is 0. The summed E-state index contributed by atoms with van der Waals surface area (Å²) in [7, 11) is 1.69. The van der Waals surface area contributed by atoms with Crippen molar-refractivity contribution in [2.75, 3.05) is 20.2 Å². The Balaban J connectivity index is 1.73. The highest BCUT2D eigenvalue weighted by atomic mass is 19.1. The van der Waals surface area contributed by atoms with Crippen LogP contribution in [0.2, 0.25) is 0 Å². The van der Waals surface area contributed by atoms with Crippen molar-refractivity contribution in [3.63, 3.8) is 0 Å². The van der Waals surface area contributed by atoms with E-state index in [0.29, 0.717) is 25.3 Å². The fourth-order valence-corrected chi connectivity index (χ4v) is 2.00. The van der Waals surface area contributed by atoms with Crippen molar-refractivity contribution in [2.45, 2.75) is 13.0 Å². The summed E-state index contributed by atoms with van der Waals surface area (Å²) in [5.74, 6) is 0.148. The number of likely N-dealkylation sites (N-methyl/N-ethyl adjacent to an activating group) is 1. The molecule has 1 amide bonds. The van der Waals surface area contributed by atoms with E-state index in [1.54, 1.807) is 42.4 Å². The van der Waals surface area contributed by atoms with Gasteiger partial charge in [0.1, 0.15) is 18.1 Å². The fraction of sp³-hybridized carbons (Fsp3) is 0.294. The lowest BCUT2D eigenvalue weighted by atomic mass is 10.3. The fourth-order valence-electron chi connectivity index (χ4n) is 2.00. The van der Waals surface area contributed by atoms with Crippen LogP contribution in [0, 0.1) is 5.82 Å². The predicted molar refractivity (Wildman–Crippen MR) is 84.9 cm³/mol. The van der Waals surface area contributed by atoms with Crippen molar-refractivity contribution in [2.24, 2.45) is 0 Å². The summed E-state index contributed by atoms with van der Waals surface area (Å²) in [5.41, 5.74) is -0.200. The lowest BCUT2D eigenvalue weighted by molar-refractivity contribution is -0.130. The summed E-state index contributed by atoms with van der Waals surface area (Å²) in [4.78, 5) is 25.2. The number of ether oxygens (including phenoxy) is 1. The Hall–Kier alpha value is -2.63. The number of nitrogens with zero attached hydrogens (tertiary/aromatic N) is 2. The molecule has 0 aliphatic rings. The van der Waals surface area contributed by atoms with Crippen LogP contribution in [0.3, 0.4) is 0 Å². The van der Waals surface area contributed by atoms with E-state index < -0.39 is 0 Å². The topological polar surface area (TPSA) is 51.5 Å². The third kappa shape index (κ3) is 5.25. The van der Waals surface area contributed by atoms with Crippen LogP contribution in [-0.4, -0.2) is 35.6 Å². The van der Waals surface area contributed by atoms with Gasteiger partial charge in [0, 0.05) is 25.9 Å². The molecule has 0 saturated heterocycles. The van der Waals surface area contributed by atoms with Crippen LogP contribution in [-0.2, 0) is 11.3 Å². The number of hydrogen-bond donors (Lipinski definition) is 0. The normalized spacial score (nSPS) is 10.3. The average molecular weight is 318 g/mol. The molecule has 0 saturated carbocycles. The third-order valence-electron chi connectivity index (χ3n) is 3.35. The van der Waals surface area contributed by atoms with E-state index in [2.05, 4.69) is 0 Å². The largest absolute Gasteiger partial charge is 0.494 e. The molecule has 0 radical (unpaired) electrons. The third-order valence-corrected chi connectivity index (χ3v) is 3.35. The first kappa shape index (κ1) is 16.7. The number of amides is 1. The molecular formula is C17H19FN2O3. The molecule has 0 atom stereocenters. The van der Waals surface area contributed by atoms with Crippen LogP contribution >= 0.6 is 0 Å². The zero-order valence-corrected chi connectivity index (χ0v) is 12.9. The van der Waals surface area contributed by atoms with Gasteiger partial charge in [-0.3, -0.25) is 9.59 Å². The summed E-state index contributed by atoms with van der Waals surface area (Å²) in [6, 6.07) is 10.6. The SMILES string of the molecule is CN(CCCOc1ccc(F)cc1)C(=O)Cn1ccccc1=O. The van der Waals surface area contributed by atoms with Crippen molar-refractivity contribution in [3.05, 3.63) is 64.8 Å². The van der Waals surface area contributed by atoms with Gasteiger partial charge in [-0.05, 0) is 36.8 Å². The number of carbonyl (C=O) groups excluding carboxylic acids is 1. The van der Waals surface area contributed by atoms with Gasteiger partial charge >= 0.3 is 0 Å². The molecule has 0 spiro atoms. The van der Waals surface area contributed by atoms with Crippen molar-refractivity contribution in [1.82, 2.24) is 9.47 Å². The van der Waals surface area contributed by atoms with E-state index in [1.807, 2.05) is 0 Å². The van der Waals surface area contributed by atoms with Gasteiger partial charge in [-0.2, -0.15) is 0 Å². The molecular weight excluding hydrogens is 299 g/mol. The first-order chi connectivity index (χ1) is 11.1. The predicted octanol–water partition coefficient (Wildman–Crippen LogP) is 1.91. The van der Waals surface area contributed by atoms with E-state index in [1.165, 1.54) is 22.8 Å². The van der Waals surface area contributed by atoms with E-state index in [0.717, 1.165) is 0 Å². The average Bonchev–Trinajstić information content (AvgIpc) is 2.55. The van der Waals surface area contributed by atoms with E-state index in [4.69, 9.17) is 4.74 Å². The second-order valence-electron chi connectivity index (χ2n) is 5.14. The van der Waals surface area contributed by atoms with E-state index >= 15 is 0 Å². The Kier molecular flexibility index (Phi) is 5.91. The lowest BCUT2D eigenvalue weighted by Gasteiger charge is -2.18. The number of carbonyl (C=O) groups is 1. The lowest BCUT2D eigenvalue weighted by Crippen LogP contribution is -2.34. The zero-order chi connectivity index (χ0) is 16.7. The smallest absolute Gasteiger partial charge is 0.250 e. The highest BCUT2D eigenvalue weighted by molar-refractivity contribution is 5.75. The molecule has 0 aliphatic heterocycles. The van der Waals surface area contributed by atoms with E-state index in [-0.39, 0.29) is 23.8 Å². The molecule has 1 heterocycles. The molecule has 2 rings (SSSR count). The van der Waals surface area contributed by atoms with Crippen molar-refractivity contribution < 1.29 is 13.9 Å². The molecule has 0 N–H and O–H groups in total. The molecule has 122 valence electrons. The molecule has 5 nitrogen and oxygen atoms in total. The van der Waals surface area contributed by atoms with Gasteiger partial charge in [0.2, 0.25) is 5.91 Å². The van der Waals surface area contributed by atoms with Gasteiger partial charge in [-0.15, -0.1) is 0 Å². The molecule has 1 aromatic carbocycles. The molecule has 2 aromatic rings. The standard InChI is InChI=1S/C17H19FN2O3/c1-19(17(22)13-20-11-3-2-5-16(20)21)10-4-12-23-15-8-6-14(18)7-9-15/h2-3,5-9,11H,4,10,12-13H2,1H3. The van der Waals surface area contributed by atoms with Gasteiger partial charge in [-0.1, -0.05) is 6.07 Å². The first-order valence-corrected chi connectivity index (χ1v) is 7.34. The van der Waals surface area contributed by atoms with Gasteiger partial charge in [0.15, 0.2) is 0 Å². The van der Waals surface area contributed by atoms with Crippen molar-refractivity contribution in [3.8, 4) is 5.75 Å². The summed E-state index contributed by atoms with van der Waals surface area (Å²) in [6.07, 6.45) is 2.23. The summed E-state index contributed by atoms with van der Waals surface area (Å²) < 4.78 is 19.6. The molecule has 23 heavy (non-hydrogen) atoms. The second kappa shape index (κ2) is 8.12. The van der Waals surface area contributed by atoms with Crippen LogP contribution in [0.1, 0.15) is 6.42 Å². The molecule has 1 aromatic heterocycles. The zero-order valence-electron chi connectivity index (χ0n) is 12.9. The summed E-state index contributed by atoms with van der Waals surface area (Å²) in [6.45, 7) is 0.963. The van der Waals surface area contributed by atoms with Crippen LogP contribution in [0.25, 0.3) is 0 Å². The Morgan fingerprint density at radius 2 is 1.96 bits per heavy atom. The Morgan fingerprint density at radius 3 is 2.65 bits per heavy atom. The van der Waals surface area contributed by atoms with Crippen molar-refractivity contribution >= 4 is 5.91 Å². The highest BCUT2D eigenvalue weighted by Gasteiger charge is 2.09.